The fraction of sp³-hybridized carbons (Fsp3) is 0.650. The van der Waals surface area contributed by atoms with Crippen LogP contribution in [0.15, 0.2) is 24.3 Å². The van der Waals surface area contributed by atoms with E-state index < -0.39 is 0 Å². The first-order chi connectivity index (χ1) is 12.0. The number of halogens is 1. The molecule has 0 radical (unpaired) electrons. The summed E-state index contributed by atoms with van der Waals surface area (Å²) in [5.74, 6) is -0.00941. The number of hydrogen-bond donors (Lipinski definition) is 0. The monoisotopic (exact) mass is 348 g/mol. The van der Waals surface area contributed by atoms with Gasteiger partial charge in [-0.1, -0.05) is 12.1 Å². The summed E-state index contributed by atoms with van der Waals surface area (Å²) >= 11 is 0. The highest BCUT2D eigenvalue weighted by Crippen LogP contribution is 2.22. The summed E-state index contributed by atoms with van der Waals surface area (Å²) in [6.07, 6.45) is 3.86. The van der Waals surface area contributed by atoms with Crippen molar-refractivity contribution in [1.82, 2.24) is 9.80 Å². The molecule has 0 saturated carbocycles. The molecule has 2 aliphatic rings. The number of carbonyl (C=O) groups is 1. The van der Waals surface area contributed by atoms with Gasteiger partial charge in [-0.3, -0.25) is 9.69 Å². The maximum atomic E-state index is 13.0. The number of hydrogen-bond acceptors (Lipinski definition) is 3. The summed E-state index contributed by atoms with van der Waals surface area (Å²) in [7, 11) is 0. The Bertz CT molecular complexity index is 568. The Balaban J connectivity index is 1.51. The third-order valence-corrected chi connectivity index (χ3v) is 5.20. The fourth-order valence-corrected chi connectivity index (χ4v) is 4.13. The van der Waals surface area contributed by atoms with Gasteiger partial charge in [-0.05, 0) is 50.8 Å². The SMILES string of the molecule is C[C@@H]1CN(C[C@H]2CCCN2C(=O)CCc2ccc(F)cc2)C[C@H](C)O1. The molecule has 4 nitrogen and oxygen atoms in total. The van der Waals surface area contributed by atoms with Crippen LogP contribution in [0.3, 0.4) is 0 Å². The molecule has 1 amide bonds. The van der Waals surface area contributed by atoms with Crippen LogP contribution >= 0.6 is 0 Å². The second kappa shape index (κ2) is 8.28. The molecule has 2 aliphatic heterocycles. The number of benzene rings is 1. The topological polar surface area (TPSA) is 32.8 Å². The van der Waals surface area contributed by atoms with Crippen LogP contribution < -0.4 is 0 Å². The average Bonchev–Trinajstić information content (AvgIpc) is 3.01. The maximum absolute atomic E-state index is 13.0. The Hall–Kier alpha value is -1.46. The zero-order chi connectivity index (χ0) is 17.8. The Morgan fingerprint density at radius 3 is 2.56 bits per heavy atom. The first kappa shape index (κ1) is 18.3. The number of aryl methyl sites for hydroxylation is 1. The minimum Gasteiger partial charge on any atom is -0.373 e. The largest absolute Gasteiger partial charge is 0.373 e. The van der Waals surface area contributed by atoms with E-state index in [4.69, 9.17) is 4.74 Å². The summed E-state index contributed by atoms with van der Waals surface area (Å²) in [5, 5.41) is 0. The summed E-state index contributed by atoms with van der Waals surface area (Å²) in [4.78, 5) is 17.2. The predicted octanol–water partition coefficient (Wildman–Crippen LogP) is 2.86. The van der Waals surface area contributed by atoms with Crippen LogP contribution in [0, 0.1) is 5.82 Å². The van der Waals surface area contributed by atoms with Crippen LogP contribution in [0.25, 0.3) is 0 Å². The molecule has 0 spiro atoms. The van der Waals surface area contributed by atoms with Crippen LogP contribution in [0.1, 0.15) is 38.7 Å². The van der Waals surface area contributed by atoms with Crippen molar-refractivity contribution in [2.45, 2.75) is 57.8 Å². The van der Waals surface area contributed by atoms with Gasteiger partial charge < -0.3 is 9.64 Å². The lowest BCUT2D eigenvalue weighted by molar-refractivity contribution is -0.133. The summed E-state index contributed by atoms with van der Waals surface area (Å²) in [5.41, 5.74) is 1.02. The third kappa shape index (κ3) is 5.02. The fourth-order valence-electron chi connectivity index (χ4n) is 4.13. The van der Waals surface area contributed by atoms with Gasteiger partial charge in [0.05, 0.1) is 12.2 Å². The summed E-state index contributed by atoms with van der Waals surface area (Å²) < 4.78 is 18.8. The molecule has 0 N–H and O–H groups in total. The molecule has 1 aromatic carbocycles. The molecular formula is C20H29FN2O2. The van der Waals surface area contributed by atoms with Gasteiger partial charge in [0.2, 0.25) is 5.91 Å². The molecule has 2 fully saturated rings. The van der Waals surface area contributed by atoms with E-state index in [0.29, 0.717) is 18.9 Å². The van der Waals surface area contributed by atoms with E-state index in [1.54, 1.807) is 12.1 Å². The lowest BCUT2D eigenvalue weighted by Crippen LogP contribution is -2.50. The quantitative estimate of drug-likeness (QED) is 0.820. The van der Waals surface area contributed by atoms with Gasteiger partial charge >= 0.3 is 0 Å². The molecule has 5 heteroatoms. The smallest absolute Gasteiger partial charge is 0.223 e. The number of morpholine rings is 1. The van der Waals surface area contributed by atoms with Gasteiger partial charge in [0.1, 0.15) is 5.82 Å². The van der Waals surface area contributed by atoms with Gasteiger partial charge in [0.15, 0.2) is 0 Å². The molecule has 0 aliphatic carbocycles. The van der Waals surface area contributed by atoms with Gasteiger partial charge in [-0.15, -0.1) is 0 Å². The van der Waals surface area contributed by atoms with E-state index in [0.717, 1.165) is 44.6 Å². The molecule has 3 rings (SSSR count). The van der Waals surface area contributed by atoms with Crippen LogP contribution in [0.4, 0.5) is 4.39 Å². The lowest BCUT2D eigenvalue weighted by Gasteiger charge is -2.38. The first-order valence-electron chi connectivity index (χ1n) is 9.43. The van der Waals surface area contributed by atoms with E-state index in [-0.39, 0.29) is 23.9 Å². The van der Waals surface area contributed by atoms with E-state index in [1.807, 2.05) is 0 Å². The van der Waals surface area contributed by atoms with Crippen LogP contribution in [0.5, 0.6) is 0 Å². The first-order valence-corrected chi connectivity index (χ1v) is 9.43. The number of carbonyl (C=O) groups excluding carboxylic acids is 1. The van der Waals surface area contributed by atoms with Crippen molar-refractivity contribution in [3.63, 3.8) is 0 Å². The summed E-state index contributed by atoms with van der Waals surface area (Å²) in [6.45, 7) is 7.92. The second-order valence-corrected chi connectivity index (χ2v) is 7.49. The molecular weight excluding hydrogens is 319 g/mol. The predicted molar refractivity (Wildman–Crippen MR) is 95.9 cm³/mol. The van der Waals surface area contributed by atoms with Gasteiger partial charge in [0.25, 0.3) is 0 Å². The molecule has 2 saturated heterocycles. The van der Waals surface area contributed by atoms with Crippen molar-refractivity contribution in [3.05, 3.63) is 35.6 Å². The lowest BCUT2D eigenvalue weighted by atomic mass is 10.1. The van der Waals surface area contributed by atoms with Crippen molar-refractivity contribution in [1.29, 1.82) is 0 Å². The Morgan fingerprint density at radius 1 is 1.20 bits per heavy atom. The van der Waals surface area contributed by atoms with E-state index in [1.165, 1.54) is 12.1 Å². The minimum atomic E-state index is -0.233. The number of likely N-dealkylation sites (tertiary alicyclic amines) is 1. The van der Waals surface area contributed by atoms with Crippen LogP contribution in [-0.2, 0) is 16.0 Å². The molecule has 138 valence electrons. The van der Waals surface area contributed by atoms with Crippen LogP contribution in [-0.4, -0.2) is 60.1 Å². The zero-order valence-corrected chi connectivity index (χ0v) is 15.3. The molecule has 25 heavy (non-hydrogen) atoms. The van der Waals surface area contributed by atoms with E-state index in [2.05, 4.69) is 23.6 Å². The van der Waals surface area contributed by atoms with E-state index >= 15 is 0 Å². The van der Waals surface area contributed by atoms with Crippen LogP contribution in [0.2, 0.25) is 0 Å². The zero-order valence-electron chi connectivity index (χ0n) is 15.3. The Labute approximate surface area is 149 Å². The van der Waals surface area contributed by atoms with E-state index in [9.17, 15) is 9.18 Å². The molecule has 0 unspecified atom stereocenters. The van der Waals surface area contributed by atoms with Gasteiger partial charge in [0, 0.05) is 38.6 Å². The third-order valence-electron chi connectivity index (χ3n) is 5.20. The molecule has 0 bridgehead atoms. The number of amides is 1. The van der Waals surface area contributed by atoms with Crippen molar-refractivity contribution < 1.29 is 13.9 Å². The van der Waals surface area contributed by atoms with Crippen molar-refractivity contribution in [2.24, 2.45) is 0 Å². The maximum Gasteiger partial charge on any atom is 0.223 e. The molecule has 0 aromatic heterocycles. The number of ether oxygens (including phenoxy) is 1. The highest BCUT2D eigenvalue weighted by molar-refractivity contribution is 5.77. The van der Waals surface area contributed by atoms with Crippen molar-refractivity contribution >= 4 is 5.91 Å². The Kier molecular flexibility index (Phi) is 6.07. The number of nitrogens with zero attached hydrogens (tertiary/aromatic N) is 2. The molecule has 1 aromatic rings. The van der Waals surface area contributed by atoms with Gasteiger partial charge in [-0.25, -0.2) is 4.39 Å². The highest BCUT2D eigenvalue weighted by Gasteiger charge is 2.32. The molecule has 3 atom stereocenters. The molecule has 2 heterocycles. The normalized spacial score (nSPS) is 27.6. The Morgan fingerprint density at radius 2 is 1.88 bits per heavy atom. The van der Waals surface area contributed by atoms with Crippen molar-refractivity contribution in [2.75, 3.05) is 26.2 Å². The summed E-state index contributed by atoms with van der Waals surface area (Å²) in [6, 6.07) is 6.76. The second-order valence-electron chi connectivity index (χ2n) is 7.49. The minimum absolute atomic E-state index is 0.223. The highest BCUT2D eigenvalue weighted by atomic mass is 19.1. The average molecular weight is 348 g/mol. The standard InChI is InChI=1S/C20H29FN2O2/c1-15-12-22(13-16(2)25-15)14-19-4-3-11-23(19)20(24)10-7-17-5-8-18(21)9-6-17/h5-6,8-9,15-16,19H,3-4,7,10-14H2,1-2H3/t15-,16+,19-/m1/s1. The number of rotatable bonds is 5. The van der Waals surface area contributed by atoms with Crippen molar-refractivity contribution in [3.8, 4) is 0 Å². The van der Waals surface area contributed by atoms with Gasteiger partial charge in [-0.2, -0.15) is 0 Å².